The van der Waals surface area contributed by atoms with Crippen LogP contribution in [-0.2, 0) is 6.54 Å². The number of thiophene rings is 1. The molecule has 0 spiro atoms. The lowest BCUT2D eigenvalue weighted by Crippen LogP contribution is -2.17. The lowest BCUT2D eigenvalue weighted by Gasteiger charge is -1.97. The average molecular weight is 239 g/mol. The first-order chi connectivity index (χ1) is 7.16. The first kappa shape index (κ1) is 10.3. The molecule has 0 bridgehead atoms. The highest BCUT2D eigenvalue weighted by atomic mass is 32.1. The molecule has 15 heavy (non-hydrogen) atoms. The maximum Gasteiger partial charge on any atom is 0.307 e. The number of aromatic nitrogens is 1. The minimum atomic E-state index is -0.0865. The maximum atomic E-state index is 11.7. The molecule has 0 unspecified atom stereocenters. The van der Waals surface area contributed by atoms with Crippen LogP contribution in [0.2, 0.25) is 0 Å². The Morgan fingerprint density at radius 2 is 2.27 bits per heavy atom. The van der Waals surface area contributed by atoms with Crippen molar-refractivity contribution in [3.8, 4) is 0 Å². The van der Waals surface area contributed by atoms with Crippen LogP contribution in [0.15, 0.2) is 28.5 Å². The molecule has 0 aliphatic heterocycles. The second-order valence-electron chi connectivity index (χ2n) is 3.13. The second kappa shape index (κ2) is 4.12. The molecule has 0 saturated heterocycles. The fourth-order valence-electron chi connectivity index (χ4n) is 1.22. The van der Waals surface area contributed by atoms with E-state index in [0.29, 0.717) is 4.88 Å². The van der Waals surface area contributed by atoms with E-state index in [9.17, 15) is 9.59 Å². The second-order valence-corrected chi connectivity index (χ2v) is 5.28. The lowest BCUT2D eigenvalue weighted by atomic mass is 10.3. The minimum absolute atomic E-state index is 0.00593. The number of hydrogen-bond donors (Lipinski definition) is 0. The number of carbonyl (C=O) groups is 1. The molecular weight excluding hydrogens is 230 g/mol. The van der Waals surface area contributed by atoms with Crippen LogP contribution in [0.25, 0.3) is 0 Å². The summed E-state index contributed by atoms with van der Waals surface area (Å²) in [5, 5.41) is 1.69. The number of Topliss-reactive ketones (excluding diaryl/α,β-unsaturated/α-hetero) is 1. The van der Waals surface area contributed by atoms with Gasteiger partial charge in [-0.3, -0.25) is 14.2 Å². The molecule has 0 aromatic carbocycles. The van der Waals surface area contributed by atoms with Gasteiger partial charge in [0.1, 0.15) is 0 Å². The number of thiazole rings is 1. The highest BCUT2D eigenvalue weighted by molar-refractivity contribution is 7.14. The van der Waals surface area contributed by atoms with Gasteiger partial charge in [-0.1, -0.05) is 11.3 Å². The first-order valence-electron chi connectivity index (χ1n) is 4.40. The van der Waals surface area contributed by atoms with Crippen molar-refractivity contribution in [2.45, 2.75) is 13.5 Å². The van der Waals surface area contributed by atoms with E-state index >= 15 is 0 Å². The van der Waals surface area contributed by atoms with Gasteiger partial charge in [-0.2, -0.15) is 0 Å². The molecule has 0 atom stereocenters. The number of rotatable bonds is 3. The average Bonchev–Trinajstić information content (AvgIpc) is 2.77. The quantitative estimate of drug-likeness (QED) is 0.770. The topological polar surface area (TPSA) is 39.1 Å². The van der Waals surface area contributed by atoms with Crippen LogP contribution in [0.1, 0.15) is 14.5 Å². The molecule has 3 nitrogen and oxygen atoms in total. The van der Waals surface area contributed by atoms with Crippen molar-refractivity contribution in [3.05, 3.63) is 43.1 Å². The third-order valence-corrected chi connectivity index (χ3v) is 3.71. The van der Waals surface area contributed by atoms with Gasteiger partial charge in [-0.25, -0.2) is 0 Å². The number of hydrogen-bond acceptors (Lipinski definition) is 4. The zero-order valence-electron chi connectivity index (χ0n) is 8.10. The smallest absolute Gasteiger partial charge is 0.298 e. The van der Waals surface area contributed by atoms with Crippen LogP contribution >= 0.6 is 22.7 Å². The molecule has 0 aliphatic carbocycles. The SMILES string of the molecule is Cc1ccc(C(=O)Cn2ccsc2=O)s1. The Bertz CT molecular complexity index is 535. The summed E-state index contributed by atoms with van der Waals surface area (Å²) in [6, 6.07) is 3.72. The minimum Gasteiger partial charge on any atom is -0.298 e. The van der Waals surface area contributed by atoms with Gasteiger partial charge in [0, 0.05) is 16.5 Å². The summed E-state index contributed by atoms with van der Waals surface area (Å²) in [6.45, 7) is 2.10. The monoisotopic (exact) mass is 239 g/mol. The third kappa shape index (κ3) is 2.24. The zero-order chi connectivity index (χ0) is 10.8. The number of nitrogens with zero attached hydrogens (tertiary/aromatic N) is 1. The van der Waals surface area contributed by atoms with Gasteiger partial charge in [-0.05, 0) is 19.1 Å². The highest BCUT2D eigenvalue weighted by Gasteiger charge is 2.09. The summed E-state index contributed by atoms with van der Waals surface area (Å²) in [4.78, 5) is 24.7. The molecule has 0 radical (unpaired) electrons. The van der Waals surface area contributed by atoms with E-state index in [1.807, 2.05) is 13.0 Å². The van der Waals surface area contributed by atoms with Crippen LogP contribution < -0.4 is 4.87 Å². The number of aryl methyl sites for hydroxylation is 1. The van der Waals surface area contributed by atoms with Gasteiger partial charge in [-0.15, -0.1) is 11.3 Å². The summed E-state index contributed by atoms with van der Waals surface area (Å²) in [7, 11) is 0. The molecule has 0 N–H and O–H groups in total. The predicted molar refractivity (Wildman–Crippen MR) is 62.0 cm³/mol. The third-order valence-electron chi connectivity index (χ3n) is 1.97. The summed E-state index contributed by atoms with van der Waals surface area (Å²) < 4.78 is 1.43. The molecule has 2 aromatic heterocycles. The van der Waals surface area contributed by atoms with Gasteiger partial charge < -0.3 is 0 Å². The molecule has 2 heterocycles. The van der Waals surface area contributed by atoms with Crippen LogP contribution in [0, 0.1) is 6.92 Å². The van der Waals surface area contributed by atoms with E-state index < -0.39 is 0 Å². The van der Waals surface area contributed by atoms with Crippen LogP contribution in [0.5, 0.6) is 0 Å². The molecule has 2 aromatic rings. The van der Waals surface area contributed by atoms with E-state index in [4.69, 9.17) is 0 Å². The molecule has 0 amide bonds. The maximum absolute atomic E-state index is 11.7. The Kier molecular flexibility index (Phi) is 2.83. The number of carbonyl (C=O) groups excluding carboxylic acids is 1. The molecule has 0 aliphatic rings. The van der Waals surface area contributed by atoms with Crippen LogP contribution in [-0.4, -0.2) is 10.4 Å². The van der Waals surface area contributed by atoms with E-state index in [2.05, 4.69) is 0 Å². The summed E-state index contributed by atoms with van der Waals surface area (Å²) in [5.74, 6) is -0.00593. The van der Waals surface area contributed by atoms with Crippen molar-refractivity contribution < 1.29 is 4.79 Å². The van der Waals surface area contributed by atoms with Crippen molar-refractivity contribution in [1.29, 1.82) is 0 Å². The highest BCUT2D eigenvalue weighted by Crippen LogP contribution is 2.15. The molecule has 78 valence electrons. The fourth-order valence-corrected chi connectivity index (χ4v) is 2.61. The van der Waals surface area contributed by atoms with Gasteiger partial charge in [0.15, 0.2) is 5.78 Å². The van der Waals surface area contributed by atoms with Crippen molar-refractivity contribution in [2.75, 3.05) is 0 Å². The van der Waals surface area contributed by atoms with E-state index in [0.717, 1.165) is 16.2 Å². The standard InChI is InChI=1S/C10H9NO2S2/c1-7-2-3-9(15-7)8(12)6-11-4-5-14-10(11)13/h2-5H,6H2,1H3. The summed E-state index contributed by atoms with van der Waals surface area (Å²) in [5.41, 5.74) is 0. The van der Waals surface area contributed by atoms with Crippen molar-refractivity contribution in [2.24, 2.45) is 0 Å². The molecule has 0 saturated carbocycles. The van der Waals surface area contributed by atoms with Crippen molar-refractivity contribution >= 4 is 28.5 Å². The van der Waals surface area contributed by atoms with Crippen molar-refractivity contribution in [1.82, 2.24) is 4.57 Å². The Hall–Kier alpha value is -1.20. The first-order valence-corrected chi connectivity index (χ1v) is 6.10. The van der Waals surface area contributed by atoms with Gasteiger partial charge in [0.25, 0.3) is 0 Å². The Morgan fingerprint density at radius 3 is 2.80 bits per heavy atom. The predicted octanol–water partition coefficient (Wildman–Crippen LogP) is 2.16. The van der Waals surface area contributed by atoms with Crippen molar-refractivity contribution in [3.63, 3.8) is 0 Å². The normalized spacial score (nSPS) is 10.5. The zero-order valence-corrected chi connectivity index (χ0v) is 9.73. The van der Waals surface area contributed by atoms with Crippen LogP contribution in [0.3, 0.4) is 0 Å². The Morgan fingerprint density at radius 1 is 1.47 bits per heavy atom. The van der Waals surface area contributed by atoms with Crippen LogP contribution in [0.4, 0.5) is 0 Å². The van der Waals surface area contributed by atoms with E-state index in [1.165, 1.54) is 15.9 Å². The van der Waals surface area contributed by atoms with E-state index in [1.54, 1.807) is 17.6 Å². The molecule has 2 rings (SSSR count). The van der Waals surface area contributed by atoms with Gasteiger partial charge >= 0.3 is 4.87 Å². The molecular formula is C10H9NO2S2. The van der Waals surface area contributed by atoms with Gasteiger partial charge in [0.05, 0.1) is 11.4 Å². The lowest BCUT2D eigenvalue weighted by molar-refractivity contribution is 0.0975. The Balaban J connectivity index is 2.18. The molecule has 0 fully saturated rings. The summed E-state index contributed by atoms with van der Waals surface area (Å²) >= 11 is 2.57. The fraction of sp³-hybridized carbons (Fsp3) is 0.200. The largest absolute Gasteiger partial charge is 0.307 e. The number of ketones is 1. The Labute approximate surface area is 94.6 Å². The molecule has 5 heteroatoms. The van der Waals surface area contributed by atoms with E-state index in [-0.39, 0.29) is 17.2 Å². The summed E-state index contributed by atoms with van der Waals surface area (Å²) in [6.07, 6.45) is 1.64. The van der Waals surface area contributed by atoms with Gasteiger partial charge in [0.2, 0.25) is 0 Å².